The molecule has 5 saturated carbocycles. The molecule has 2 N–H and O–H groups in total. The maximum Gasteiger partial charge on any atom is 0.309 e. The van der Waals surface area contributed by atoms with Gasteiger partial charge in [0, 0.05) is 30.0 Å². The topological polar surface area (TPSA) is 70.0 Å². The standard InChI is InChI=1S/C28H35NO4/c1-24-9-6-10-27(31)26(24)12-11-25-15-20(23(30)33-2)19(14-28(25,27)32)13-21(25)22(26)29(17-24)16-18-7-4-3-5-8-18/h3-5,7-8,13,19-20,22,31-32H,6,9-12,14-17H2,1-2H3/t19-,20-,22-,24-,25+,26+,27+,28-/m1/s1. The number of hydrogen-bond donors (Lipinski definition) is 2. The normalized spacial score (nSPS) is 51.3. The van der Waals surface area contributed by atoms with Crippen LogP contribution in [0, 0.1) is 28.1 Å². The number of rotatable bonds is 3. The number of nitrogens with zero attached hydrogens (tertiary/aromatic N) is 1. The average molecular weight is 450 g/mol. The minimum absolute atomic E-state index is 0.0348. The van der Waals surface area contributed by atoms with Crippen molar-refractivity contribution in [2.24, 2.45) is 28.1 Å². The highest BCUT2D eigenvalue weighted by molar-refractivity contribution is 5.75. The van der Waals surface area contributed by atoms with E-state index in [0.717, 1.165) is 38.8 Å². The van der Waals surface area contributed by atoms with Gasteiger partial charge in [0.15, 0.2) is 0 Å². The fourth-order valence-corrected chi connectivity index (χ4v) is 10.4. The molecule has 2 spiro atoms. The van der Waals surface area contributed by atoms with Gasteiger partial charge >= 0.3 is 5.97 Å². The third-order valence-corrected chi connectivity index (χ3v) is 11.5. The fourth-order valence-electron chi connectivity index (χ4n) is 10.4. The zero-order chi connectivity index (χ0) is 22.9. The first-order valence-corrected chi connectivity index (χ1v) is 12.8. The molecule has 0 amide bonds. The van der Waals surface area contributed by atoms with Gasteiger partial charge in [-0.05, 0) is 67.4 Å². The minimum Gasteiger partial charge on any atom is -0.469 e. The number of methoxy groups -OCH3 is 1. The molecule has 0 unspecified atom stereocenters. The van der Waals surface area contributed by atoms with Crippen LogP contribution in [0.5, 0.6) is 0 Å². The third-order valence-electron chi connectivity index (χ3n) is 11.5. The molecule has 8 atom stereocenters. The van der Waals surface area contributed by atoms with Crippen LogP contribution in [0.25, 0.3) is 0 Å². The van der Waals surface area contributed by atoms with Crippen molar-refractivity contribution in [2.75, 3.05) is 13.7 Å². The van der Waals surface area contributed by atoms with Crippen molar-refractivity contribution in [2.45, 2.75) is 75.7 Å². The summed E-state index contributed by atoms with van der Waals surface area (Å²) >= 11 is 0. The molecule has 5 nitrogen and oxygen atoms in total. The second kappa shape index (κ2) is 6.10. The highest BCUT2D eigenvalue weighted by Crippen LogP contribution is 2.83. The van der Waals surface area contributed by atoms with E-state index in [1.807, 2.05) is 0 Å². The Hall–Kier alpha value is -1.69. The average Bonchev–Trinajstić information content (AvgIpc) is 3.07. The number of carbonyl (C=O) groups is 1. The maximum absolute atomic E-state index is 12.8. The molecule has 9 rings (SSSR count). The first kappa shape index (κ1) is 20.7. The van der Waals surface area contributed by atoms with Crippen molar-refractivity contribution in [3.63, 3.8) is 0 Å². The molecule has 7 aliphatic carbocycles. The minimum atomic E-state index is -1.15. The zero-order valence-corrected chi connectivity index (χ0v) is 19.7. The molecule has 1 aromatic carbocycles. The van der Waals surface area contributed by atoms with E-state index in [-0.39, 0.29) is 34.7 Å². The Kier molecular flexibility index (Phi) is 3.82. The van der Waals surface area contributed by atoms with E-state index < -0.39 is 16.6 Å². The van der Waals surface area contributed by atoms with E-state index in [1.165, 1.54) is 18.2 Å². The van der Waals surface area contributed by atoms with Crippen LogP contribution >= 0.6 is 0 Å². The van der Waals surface area contributed by atoms with Crippen LogP contribution in [0.15, 0.2) is 42.0 Å². The van der Waals surface area contributed by atoms with Crippen LogP contribution < -0.4 is 0 Å². The van der Waals surface area contributed by atoms with Crippen LogP contribution in [0.3, 0.4) is 0 Å². The van der Waals surface area contributed by atoms with Gasteiger partial charge in [0.25, 0.3) is 0 Å². The van der Waals surface area contributed by atoms with E-state index >= 15 is 0 Å². The number of ether oxygens (including phenoxy) is 1. The summed E-state index contributed by atoms with van der Waals surface area (Å²) in [5.74, 6) is -0.443. The summed E-state index contributed by atoms with van der Waals surface area (Å²) in [6, 6.07) is 10.8. The van der Waals surface area contributed by atoms with E-state index in [9.17, 15) is 15.0 Å². The molecule has 1 aromatic rings. The highest BCUT2D eigenvalue weighted by atomic mass is 16.5. The summed E-state index contributed by atoms with van der Waals surface area (Å²) in [5.41, 5.74) is -0.538. The van der Waals surface area contributed by atoms with Gasteiger partial charge in [-0.3, -0.25) is 9.69 Å². The van der Waals surface area contributed by atoms with Crippen molar-refractivity contribution < 1.29 is 19.7 Å². The van der Waals surface area contributed by atoms with Crippen molar-refractivity contribution in [1.82, 2.24) is 4.90 Å². The Labute approximate surface area is 195 Å². The predicted octanol–water partition coefficient (Wildman–Crippen LogP) is 3.44. The number of allylic oxidation sites excluding steroid dienone is 1. The molecule has 176 valence electrons. The largest absolute Gasteiger partial charge is 0.469 e. The van der Waals surface area contributed by atoms with Gasteiger partial charge in [-0.2, -0.15) is 0 Å². The quantitative estimate of drug-likeness (QED) is 0.547. The molecule has 1 aliphatic heterocycles. The maximum atomic E-state index is 12.8. The van der Waals surface area contributed by atoms with Crippen LogP contribution in [0.1, 0.15) is 57.4 Å². The number of fused-ring (bicyclic) bond motifs is 2. The van der Waals surface area contributed by atoms with Gasteiger partial charge in [0.05, 0.1) is 13.0 Å². The molecule has 8 aliphatic rings. The first-order valence-electron chi connectivity index (χ1n) is 12.8. The van der Waals surface area contributed by atoms with Gasteiger partial charge in [-0.15, -0.1) is 0 Å². The Balaban J connectivity index is 1.44. The second-order valence-corrected chi connectivity index (χ2v) is 12.3. The third kappa shape index (κ3) is 2.00. The fraction of sp³-hybridized carbons (Fsp3) is 0.679. The van der Waals surface area contributed by atoms with Gasteiger partial charge in [-0.1, -0.05) is 43.3 Å². The predicted molar refractivity (Wildman–Crippen MR) is 123 cm³/mol. The molecule has 1 saturated heterocycles. The summed E-state index contributed by atoms with van der Waals surface area (Å²) in [7, 11) is 1.47. The van der Waals surface area contributed by atoms with Crippen LogP contribution in [-0.2, 0) is 16.1 Å². The number of benzene rings is 1. The molecular weight excluding hydrogens is 414 g/mol. The van der Waals surface area contributed by atoms with E-state index in [1.54, 1.807) is 0 Å². The van der Waals surface area contributed by atoms with Crippen molar-refractivity contribution in [3.05, 3.63) is 47.5 Å². The molecule has 5 heteroatoms. The lowest BCUT2D eigenvalue weighted by molar-refractivity contribution is -0.361. The van der Waals surface area contributed by atoms with Gasteiger partial charge in [-0.25, -0.2) is 0 Å². The smallest absolute Gasteiger partial charge is 0.309 e. The zero-order valence-electron chi connectivity index (χ0n) is 19.7. The van der Waals surface area contributed by atoms with Crippen molar-refractivity contribution in [1.29, 1.82) is 0 Å². The molecule has 5 bridgehead atoms. The molecular formula is C28H35NO4. The molecule has 6 fully saturated rings. The number of aliphatic hydroxyl groups is 2. The second-order valence-electron chi connectivity index (χ2n) is 12.3. The lowest BCUT2D eigenvalue weighted by Crippen LogP contribution is -2.86. The Morgan fingerprint density at radius 1 is 1.09 bits per heavy atom. The Morgan fingerprint density at radius 3 is 2.64 bits per heavy atom. The highest BCUT2D eigenvalue weighted by Gasteiger charge is 2.88. The van der Waals surface area contributed by atoms with Crippen molar-refractivity contribution in [3.8, 4) is 0 Å². The number of carbonyl (C=O) groups excluding carboxylic acids is 1. The Bertz CT molecular complexity index is 1070. The summed E-state index contributed by atoms with van der Waals surface area (Å²) in [5, 5.41) is 25.3. The van der Waals surface area contributed by atoms with E-state index in [4.69, 9.17) is 4.74 Å². The van der Waals surface area contributed by atoms with Crippen molar-refractivity contribution >= 4 is 5.97 Å². The van der Waals surface area contributed by atoms with Gasteiger partial charge in [0.2, 0.25) is 0 Å². The number of esters is 1. The molecule has 33 heavy (non-hydrogen) atoms. The van der Waals surface area contributed by atoms with Crippen LogP contribution in [0.2, 0.25) is 0 Å². The number of hydrogen-bond acceptors (Lipinski definition) is 5. The van der Waals surface area contributed by atoms with E-state index in [0.29, 0.717) is 19.3 Å². The molecule has 1 heterocycles. The Morgan fingerprint density at radius 2 is 1.88 bits per heavy atom. The SMILES string of the molecule is COC(=O)[C@@H]1C[C@@]23CC[C@@]45[C@H]6C2=C[C@@H]1C[C@]3(O)[C@]4(O)CCC[C@]5(C)CN6Cc1ccccc1. The monoisotopic (exact) mass is 449 g/mol. The first-order chi connectivity index (χ1) is 15.8. The lowest BCUT2D eigenvalue weighted by atomic mass is 9.27. The van der Waals surface area contributed by atoms with Gasteiger partial charge in [0.1, 0.15) is 11.2 Å². The van der Waals surface area contributed by atoms with Crippen LogP contribution in [-0.4, -0.2) is 52.0 Å². The molecule has 0 aromatic heterocycles. The number of likely N-dealkylation sites (tertiary alicyclic amines) is 1. The summed E-state index contributed by atoms with van der Waals surface area (Å²) in [6.45, 7) is 4.19. The summed E-state index contributed by atoms with van der Waals surface area (Å²) in [4.78, 5) is 15.3. The molecule has 0 radical (unpaired) electrons. The van der Waals surface area contributed by atoms with Gasteiger partial charge < -0.3 is 14.9 Å². The van der Waals surface area contributed by atoms with E-state index in [2.05, 4.69) is 48.2 Å². The lowest BCUT2D eigenvalue weighted by Gasteiger charge is -2.80. The summed E-state index contributed by atoms with van der Waals surface area (Å²) in [6.07, 6.45) is 7.94. The summed E-state index contributed by atoms with van der Waals surface area (Å²) < 4.78 is 5.18. The van der Waals surface area contributed by atoms with Crippen LogP contribution in [0.4, 0.5) is 0 Å².